The zero-order valence-electron chi connectivity index (χ0n) is 9.72. The van der Waals surface area contributed by atoms with Crippen LogP contribution in [0.25, 0.3) is 0 Å². The molecule has 1 aromatic rings. The van der Waals surface area contributed by atoms with Crippen LogP contribution in [0, 0.1) is 0 Å². The highest BCUT2D eigenvalue weighted by atomic mass is 79.9. The number of nitrogens with one attached hydrogen (secondary N) is 1. The molecule has 0 aliphatic carbocycles. The molecule has 0 bridgehead atoms. The molecule has 1 rings (SSSR count). The van der Waals surface area contributed by atoms with Gasteiger partial charge in [-0.05, 0) is 47.6 Å². The Morgan fingerprint density at radius 3 is 2.73 bits per heavy atom. The third-order valence-electron chi connectivity index (χ3n) is 2.56. The van der Waals surface area contributed by atoms with Crippen molar-refractivity contribution in [2.45, 2.75) is 52.1 Å². The van der Waals surface area contributed by atoms with Crippen molar-refractivity contribution >= 4 is 27.3 Å². The Labute approximate surface area is 105 Å². The summed E-state index contributed by atoms with van der Waals surface area (Å²) < 4.78 is 1.23. The minimum atomic E-state index is 0.450. The normalized spacial score (nSPS) is 15.2. The zero-order valence-corrected chi connectivity index (χ0v) is 12.1. The summed E-state index contributed by atoms with van der Waals surface area (Å²) in [7, 11) is 0. The van der Waals surface area contributed by atoms with Crippen LogP contribution in [-0.4, -0.2) is 6.04 Å². The Morgan fingerprint density at radius 2 is 2.20 bits per heavy atom. The molecule has 0 saturated carbocycles. The fraction of sp³-hybridized carbons (Fsp3) is 0.667. The van der Waals surface area contributed by atoms with E-state index in [-0.39, 0.29) is 0 Å². The van der Waals surface area contributed by atoms with Crippen LogP contribution in [0.1, 0.15) is 51.0 Å². The van der Waals surface area contributed by atoms with Crippen LogP contribution in [0.5, 0.6) is 0 Å². The highest BCUT2D eigenvalue weighted by molar-refractivity contribution is 9.10. The molecule has 0 spiro atoms. The quantitative estimate of drug-likeness (QED) is 0.798. The first-order valence-corrected chi connectivity index (χ1v) is 7.31. The maximum absolute atomic E-state index is 3.64. The van der Waals surface area contributed by atoms with Crippen LogP contribution in [-0.2, 0) is 0 Å². The predicted molar refractivity (Wildman–Crippen MR) is 72.6 cm³/mol. The SMILES string of the molecule is CCCCC(C)NC(C)c1sccc1Br. The number of hydrogen-bond donors (Lipinski definition) is 1. The van der Waals surface area contributed by atoms with E-state index in [2.05, 4.69) is 53.5 Å². The average molecular weight is 290 g/mol. The average Bonchev–Trinajstić information content (AvgIpc) is 2.61. The van der Waals surface area contributed by atoms with Crippen LogP contribution in [0.15, 0.2) is 15.9 Å². The minimum absolute atomic E-state index is 0.450. The smallest absolute Gasteiger partial charge is 0.0399 e. The zero-order chi connectivity index (χ0) is 11.3. The molecule has 0 amide bonds. The summed E-state index contributed by atoms with van der Waals surface area (Å²) >= 11 is 5.39. The first-order chi connectivity index (χ1) is 7.15. The van der Waals surface area contributed by atoms with Gasteiger partial charge in [0.25, 0.3) is 0 Å². The summed E-state index contributed by atoms with van der Waals surface area (Å²) in [5, 5.41) is 5.77. The lowest BCUT2D eigenvalue weighted by Crippen LogP contribution is -2.28. The van der Waals surface area contributed by atoms with Gasteiger partial charge in [0.15, 0.2) is 0 Å². The van der Waals surface area contributed by atoms with Gasteiger partial charge in [-0.1, -0.05) is 19.8 Å². The van der Waals surface area contributed by atoms with Gasteiger partial charge in [-0.2, -0.15) is 0 Å². The van der Waals surface area contributed by atoms with Gasteiger partial charge in [-0.25, -0.2) is 0 Å². The standard InChI is InChI=1S/C12H20BrNS/c1-4-5-6-9(2)14-10(3)12-11(13)7-8-15-12/h7-10,14H,4-6H2,1-3H3. The van der Waals surface area contributed by atoms with E-state index in [4.69, 9.17) is 0 Å². The van der Waals surface area contributed by atoms with Crippen LogP contribution >= 0.6 is 27.3 Å². The van der Waals surface area contributed by atoms with E-state index in [1.807, 2.05) is 11.3 Å². The summed E-state index contributed by atoms with van der Waals surface area (Å²) in [6.07, 6.45) is 3.86. The van der Waals surface area contributed by atoms with E-state index in [0.29, 0.717) is 12.1 Å². The van der Waals surface area contributed by atoms with Gasteiger partial charge in [0.1, 0.15) is 0 Å². The first kappa shape index (κ1) is 13.2. The first-order valence-electron chi connectivity index (χ1n) is 5.64. The third-order valence-corrected chi connectivity index (χ3v) is 4.62. The summed E-state index contributed by atoms with van der Waals surface area (Å²) in [4.78, 5) is 1.40. The van der Waals surface area contributed by atoms with E-state index in [1.165, 1.54) is 28.6 Å². The van der Waals surface area contributed by atoms with Crippen LogP contribution in [0.2, 0.25) is 0 Å². The number of unbranched alkanes of at least 4 members (excludes halogenated alkanes) is 1. The number of thiophene rings is 1. The third kappa shape index (κ3) is 4.25. The molecular formula is C12H20BrNS. The molecule has 0 aliphatic rings. The van der Waals surface area contributed by atoms with Gasteiger partial charge in [-0.3, -0.25) is 0 Å². The van der Waals surface area contributed by atoms with Crippen LogP contribution in [0.3, 0.4) is 0 Å². The van der Waals surface area contributed by atoms with Crippen LogP contribution < -0.4 is 5.32 Å². The van der Waals surface area contributed by atoms with Crippen molar-refractivity contribution in [3.63, 3.8) is 0 Å². The maximum Gasteiger partial charge on any atom is 0.0399 e. The van der Waals surface area contributed by atoms with E-state index < -0.39 is 0 Å². The molecule has 0 aromatic carbocycles. The Kier molecular flexibility index (Phi) is 5.87. The summed E-state index contributed by atoms with van der Waals surface area (Å²) in [5.74, 6) is 0. The predicted octanol–water partition coefficient (Wildman–Crippen LogP) is 4.74. The van der Waals surface area contributed by atoms with Gasteiger partial charge in [0.05, 0.1) is 0 Å². The molecule has 0 fully saturated rings. The molecule has 1 aromatic heterocycles. The minimum Gasteiger partial charge on any atom is -0.307 e. The Balaban J connectivity index is 2.42. The van der Waals surface area contributed by atoms with Crippen molar-refractivity contribution in [3.8, 4) is 0 Å². The molecular weight excluding hydrogens is 270 g/mol. The maximum atomic E-state index is 3.64. The Bertz CT molecular complexity index is 285. The van der Waals surface area contributed by atoms with Gasteiger partial charge in [-0.15, -0.1) is 11.3 Å². The highest BCUT2D eigenvalue weighted by Gasteiger charge is 2.12. The monoisotopic (exact) mass is 289 g/mol. The Morgan fingerprint density at radius 1 is 1.47 bits per heavy atom. The highest BCUT2D eigenvalue weighted by Crippen LogP contribution is 2.29. The number of hydrogen-bond acceptors (Lipinski definition) is 2. The number of halogens is 1. The lowest BCUT2D eigenvalue weighted by molar-refractivity contribution is 0.447. The van der Waals surface area contributed by atoms with Crippen molar-refractivity contribution in [3.05, 3.63) is 20.8 Å². The largest absolute Gasteiger partial charge is 0.307 e. The van der Waals surface area contributed by atoms with Gasteiger partial charge in [0, 0.05) is 21.4 Å². The van der Waals surface area contributed by atoms with Crippen molar-refractivity contribution in [2.75, 3.05) is 0 Å². The molecule has 0 radical (unpaired) electrons. The van der Waals surface area contributed by atoms with E-state index in [1.54, 1.807) is 0 Å². The topological polar surface area (TPSA) is 12.0 Å². The second-order valence-electron chi connectivity index (χ2n) is 4.06. The molecule has 3 heteroatoms. The summed E-state index contributed by atoms with van der Waals surface area (Å²) in [6.45, 7) is 6.75. The number of rotatable bonds is 6. The summed E-state index contributed by atoms with van der Waals surface area (Å²) in [5.41, 5.74) is 0. The molecule has 0 saturated heterocycles. The molecule has 1 nitrogen and oxygen atoms in total. The molecule has 2 atom stereocenters. The molecule has 1 N–H and O–H groups in total. The van der Waals surface area contributed by atoms with Crippen molar-refractivity contribution in [1.82, 2.24) is 5.32 Å². The van der Waals surface area contributed by atoms with Crippen molar-refractivity contribution < 1.29 is 0 Å². The van der Waals surface area contributed by atoms with Crippen LogP contribution in [0.4, 0.5) is 0 Å². The Hall–Kier alpha value is 0.140. The van der Waals surface area contributed by atoms with E-state index in [9.17, 15) is 0 Å². The lowest BCUT2D eigenvalue weighted by atomic mass is 10.1. The second-order valence-corrected chi connectivity index (χ2v) is 5.87. The summed E-state index contributed by atoms with van der Waals surface area (Å²) in [6, 6.07) is 3.18. The molecule has 1 heterocycles. The second kappa shape index (κ2) is 6.66. The van der Waals surface area contributed by atoms with Crippen molar-refractivity contribution in [1.29, 1.82) is 0 Å². The van der Waals surface area contributed by atoms with Crippen molar-refractivity contribution in [2.24, 2.45) is 0 Å². The van der Waals surface area contributed by atoms with E-state index in [0.717, 1.165) is 0 Å². The molecule has 15 heavy (non-hydrogen) atoms. The fourth-order valence-electron chi connectivity index (χ4n) is 1.71. The van der Waals surface area contributed by atoms with Gasteiger partial charge < -0.3 is 5.32 Å². The van der Waals surface area contributed by atoms with E-state index >= 15 is 0 Å². The van der Waals surface area contributed by atoms with Gasteiger partial charge >= 0.3 is 0 Å². The lowest BCUT2D eigenvalue weighted by Gasteiger charge is -2.19. The van der Waals surface area contributed by atoms with Gasteiger partial charge in [0.2, 0.25) is 0 Å². The molecule has 0 aliphatic heterocycles. The molecule has 2 unspecified atom stereocenters. The fourth-order valence-corrected chi connectivity index (χ4v) is 3.44. The molecule has 86 valence electrons.